The molecule has 136 valence electrons. The Morgan fingerprint density at radius 3 is 2.67 bits per heavy atom. The molecule has 0 aliphatic rings. The lowest BCUT2D eigenvalue weighted by molar-refractivity contribution is 0.687. The van der Waals surface area contributed by atoms with Crippen LogP contribution in [-0.2, 0) is 12.3 Å². The summed E-state index contributed by atoms with van der Waals surface area (Å²) in [6.07, 6.45) is 3.58. The highest BCUT2D eigenvalue weighted by Crippen LogP contribution is 2.29. The van der Waals surface area contributed by atoms with Gasteiger partial charge >= 0.3 is 0 Å². The molecule has 0 atom stereocenters. The summed E-state index contributed by atoms with van der Waals surface area (Å²) in [6.45, 7) is 5.01. The molecule has 0 unspecified atom stereocenters. The van der Waals surface area contributed by atoms with Gasteiger partial charge in [-0.3, -0.25) is 4.98 Å². The molecule has 3 aromatic heterocycles. The van der Waals surface area contributed by atoms with Crippen LogP contribution in [0.25, 0.3) is 22.0 Å². The van der Waals surface area contributed by atoms with Gasteiger partial charge in [-0.1, -0.05) is 41.6 Å². The summed E-state index contributed by atoms with van der Waals surface area (Å²) in [5.41, 5.74) is 4.47. The van der Waals surface area contributed by atoms with Crippen molar-refractivity contribution >= 4 is 23.1 Å². The average Bonchev–Trinajstić information content (AvgIpc) is 3.34. The largest absolute Gasteiger partial charge is 0.302 e. The minimum absolute atomic E-state index is 0.771. The smallest absolute Gasteiger partial charge is 0.191 e. The first-order valence-corrected chi connectivity index (χ1v) is 10.6. The first-order chi connectivity index (χ1) is 13.2. The van der Waals surface area contributed by atoms with Crippen molar-refractivity contribution < 1.29 is 0 Å². The van der Waals surface area contributed by atoms with E-state index in [0.29, 0.717) is 0 Å². The standard InChI is InChI=1S/C20H19N5S2/c1-3-25-18(16-5-4-10-21-11-16)23-24-20(25)27-13-17-12-26-19(22-17)15-8-6-14(2)7-9-15/h4-12H,3,13H2,1-2H3. The van der Waals surface area contributed by atoms with Crippen molar-refractivity contribution in [1.29, 1.82) is 0 Å². The third-order valence-electron chi connectivity index (χ3n) is 4.15. The SMILES string of the molecule is CCn1c(SCc2csc(-c3ccc(C)cc3)n2)nnc1-c1cccnc1. The lowest BCUT2D eigenvalue weighted by atomic mass is 10.2. The molecular weight excluding hydrogens is 374 g/mol. The number of aromatic nitrogens is 5. The maximum atomic E-state index is 4.78. The molecule has 0 amide bonds. The van der Waals surface area contributed by atoms with E-state index in [-0.39, 0.29) is 0 Å². The first kappa shape index (κ1) is 17.9. The zero-order valence-electron chi connectivity index (χ0n) is 15.2. The van der Waals surface area contributed by atoms with E-state index in [2.05, 4.69) is 63.2 Å². The van der Waals surface area contributed by atoms with Crippen LogP contribution in [0.5, 0.6) is 0 Å². The van der Waals surface area contributed by atoms with Crippen LogP contribution in [0.4, 0.5) is 0 Å². The van der Waals surface area contributed by atoms with Gasteiger partial charge in [-0.25, -0.2) is 4.98 Å². The molecule has 4 rings (SSSR count). The molecule has 7 heteroatoms. The molecule has 0 saturated heterocycles. The summed E-state index contributed by atoms with van der Waals surface area (Å²) in [5.74, 6) is 1.62. The van der Waals surface area contributed by atoms with Crippen LogP contribution in [-0.4, -0.2) is 24.7 Å². The van der Waals surface area contributed by atoms with Crippen LogP contribution in [0.3, 0.4) is 0 Å². The number of hydrogen-bond donors (Lipinski definition) is 0. The number of hydrogen-bond acceptors (Lipinski definition) is 6. The topological polar surface area (TPSA) is 56.5 Å². The van der Waals surface area contributed by atoms with Crippen molar-refractivity contribution in [2.75, 3.05) is 0 Å². The molecule has 0 N–H and O–H groups in total. The number of pyridine rings is 1. The van der Waals surface area contributed by atoms with Gasteiger partial charge in [0.1, 0.15) is 5.01 Å². The maximum absolute atomic E-state index is 4.78. The normalized spacial score (nSPS) is 11.0. The van der Waals surface area contributed by atoms with E-state index in [4.69, 9.17) is 4.98 Å². The fourth-order valence-electron chi connectivity index (χ4n) is 2.73. The molecule has 1 aromatic carbocycles. The molecule has 0 aliphatic heterocycles. The number of benzene rings is 1. The van der Waals surface area contributed by atoms with Gasteiger partial charge in [0.05, 0.1) is 5.69 Å². The van der Waals surface area contributed by atoms with Gasteiger partial charge in [0.2, 0.25) is 0 Å². The Hall–Kier alpha value is -2.51. The minimum atomic E-state index is 0.771. The molecule has 0 spiro atoms. The van der Waals surface area contributed by atoms with E-state index in [9.17, 15) is 0 Å². The highest BCUT2D eigenvalue weighted by Gasteiger charge is 2.14. The Balaban J connectivity index is 1.50. The fourth-order valence-corrected chi connectivity index (χ4v) is 4.56. The van der Waals surface area contributed by atoms with Crippen molar-refractivity contribution in [1.82, 2.24) is 24.7 Å². The average molecular weight is 394 g/mol. The van der Waals surface area contributed by atoms with Gasteiger partial charge in [0.15, 0.2) is 11.0 Å². The highest BCUT2D eigenvalue weighted by atomic mass is 32.2. The lowest BCUT2D eigenvalue weighted by Crippen LogP contribution is -2.00. The van der Waals surface area contributed by atoms with Gasteiger partial charge in [0, 0.05) is 41.2 Å². The van der Waals surface area contributed by atoms with Gasteiger partial charge < -0.3 is 4.57 Å². The number of nitrogens with zero attached hydrogens (tertiary/aromatic N) is 5. The predicted molar refractivity (Wildman–Crippen MR) is 111 cm³/mol. The number of aryl methyl sites for hydroxylation is 1. The summed E-state index contributed by atoms with van der Waals surface area (Å²) < 4.78 is 2.12. The van der Waals surface area contributed by atoms with E-state index >= 15 is 0 Å². The zero-order chi connectivity index (χ0) is 18.6. The Kier molecular flexibility index (Phi) is 5.31. The van der Waals surface area contributed by atoms with Crippen molar-refractivity contribution in [2.24, 2.45) is 0 Å². The molecule has 0 fully saturated rings. The van der Waals surface area contributed by atoms with Crippen LogP contribution >= 0.6 is 23.1 Å². The van der Waals surface area contributed by atoms with Crippen LogP contribution < -0.4 is 0 Å². The monoisotopic (exact) mass is 393 g/mol. The fraction of sp³-hybridized carbons (Fsp3) is 0.200. The maximum Gasteiger partial charge on any atom is 0.191 e. The quantitative estimate of drug-likeness (QED) is 0.427. The summed E-state index contributed by atoms with van der Waals surface area (Å²) >= 11 is 3.34. The van der Waals surface area contributed by atoms with Crippen molar-refractivity contribution in [3.8, 4) is 22.0 Å². The molecule has 0 saturated carbocycles. The third-order valence-corrected chi connectivity index (χ3v) is 6.09. The number of rotatable bonds is 6. The lowest BCUT2D eigenvalue weighted by Gasteiger charge is -2.06. The molecule has 5 nitrogen and oxygen atoms in total. The Bertz CT molecular complexity index is 1020. The zero-order valence-corrected chi connectivity index (χ0v) is 16.8. The molecule has 4 aromatic rings. The third kappa shape index (κ3) is 3.94. The summed E-state index contributed by atoms with van der Waals surface area (Å²) in [7, 11) is 0. The van der Waals surface area contributed by atoms with E-state index < -0.39 is 0 Å². The number of thioether (sulfide) groups is 1. The van der Waals surface area contributed by atoms with Gasteiger partial charge in [-0.05, 0) is 26.0 Å². The van der Waals surface area contributed by atoms with E-state index in [1.165, 1.54) is 5.56 Å². The Morgan fingerprint density at radius 2 is 1.93 bits per heavy atom. The van der Waals surface area contributed by atoms with E-state index in [1.807, 2.05) is 18.3 Å². The second-order valence-corrected chi connectivity index (χ2v) is 7.89. The minimum Gasteiger partial charge on any atom is -0.302 e. The highest BCUT2D eigenvalue weighted by molar-refractivity contribution is 7.98. The van der Waals surface area contributed by atoms with Crippen LogP contribution in [0.1, 0.15) is 18.2 Å². The summed E-state index contributed by atoms with van der Waals surface area (Å²) in [6, 6.07) is 12.4. The molecule has 0 bridgehead atoms. The summed E-state index contributed by atoms with van der Waals surface area (Å²) in [4.78, 5) is 8.96. The molecule has 0 radical (unpaired) electrons. The van der Waals surface area contributed by atoms with E-state index in [1.54, 1.807) is 29.3 Å². The Labute approximate surface area is 166 Å². The molecule has 27 heavy (non-hydrogen) atoms. The van der Waals surface area contributed by atoms with E-state index in [0.717, 1.165) is 45.1 Å². The number of thiazole rings is 1. The van der Waals surface area contributed by atoms with Gasteiger partial charge in [0.25, 0.3) is 0 Å². The van der Waals surface area contributed by atoms with Crippen LogP contribution in [0, 0.1) is 6.92 Å². The summed E-state index contributed by atoms with van der Waals surface area (Å²) in [5, 5.41) is 12.8. The Morgan fingerprint density at radius 1 is 1.07 bits per heavy atom. The second-order valence-electron chi connectivity index (χ2n) is 6.09. The van der Waals surface area contributed by atoms with Crippen LogP contribution in [0.15, 0.2) is 59.3 Å². The molecular formula is C20H19N5S2. The van der Waals surface area contributed by atoms with Gasteiger partial charge in [-0.2, -0.15) is 0 Å². The molecule has 0 aliphatic carbocycles. The molecule has 3 heterocycles. The van der Waals surface area contributed by atoms with Crippen molar-refractivity contribution in [3.63, 3.8) is 0 Å². The second kappa shape index (κ2) is 8.02. The van der Waals surface area contributed by atoms with Crippen molar-refractivity contribution in [2.45, 2.75) is 31.3 Å². The first-order valence-electron chi connectivity index (χ1n) is 8.72. The predicted octanol–water partition coefficient (Wildman–Crippen LogP) is 5.08. The van der Waals surface area contributed by atoms with Gasteiger partial charge in [-0.15, -0.1) is 21.5 Å². The van der Waals surface area contributed by atoms with Crippen molar-refractivity contribution in [3.05, 3.63) is 65.4 Å². The van der Waals surface area contributed by atoms with Crippen LogP contribution in [0.2, 0.25) is 0 Å².